The lowest BCUT2D eigenvalue weighted by molar-refractivity contribution is 0.0899. The minimum atomic E-state index is -1.19. The fourth-order valence-electron chi connectivity index (χ4n) is 4.30. The maximum Gasteiger partial charge on any atom is 0.331 e. The molecule has 10 heteroatoms. The summed E-state index contributed by atoms with van der Waals surface area (Å²) in [5.41, 5.74) is 1.00. The molecule has 0 aliphatic rings. The van der Waals surface area contributed by atoms with Gasteiger partial charge in [0, 0.05) is 49.9 Å². The summed E-state index contributed by atoms with van der Waals surface area (Å²) in [5, 5.41) is 13.0. The van der Waals surface area contributed by atoms with Crippen molar-refractivity contribution in [2.75, 3.05) is 6.61 Å². The number of rotatable bonds is 9. The van der Waals surface area contributed by atoms with Crippen molar-refractivity contribution in [2.45, 2.75) is 58.9 Å². The Balaban J connectivity index is 1.78. The van der Waals surface area contributed by atoms with Gasteiger partial charge in [0.05, 0.1) is 15.8 Å². The van der Waals surface area contributed by atoms with Crippen LogP contribution in [0.1, 0.15) is 30.4 Å². The monoisotopic (exact) mass is 591 g/mol. The molecule has 194 valence electrons. The summed E-state index contributed by atoms with van der Waals surface area (Å²) in [6.07, 6.45) is 0.956. The second kappa shape index (κ2) is 10.4. The van der Waals surface area contributed by atoms with E-state index in [1.807, 2.05) is 48.9 Å². The molecule has 1 aromatic carbocycles. The molecule has 0 bridgehead atoms. The van der Waals surface area contributed by atoms with Crippen molar-refractivity contribution in [3.05, 3.63) is 66.2 Å². The molecule has 0 spiro atoms. The minimum absolute atomic E-state index is 0.219. The number of nitrogens with zero attached hydrogens (tertiary/aromatic N) is 3. The molecule has 1 N–H and O–H groups in total. The molecule has 1 unspecified atom stereocenters. The summed E-state index contributed by atoms with van der Waals surface area (Å²) in [4.78, 5) is 27.1. The van der Waals surface area contributed by atoms with E-state index in [0.29, 0.717) is 39.4 Å². The van der Waals surface area contributed by atoms with Gasteiger partial charge in [-0.1, -0.05) is 51.7 Å². The van der Waals surface area contributed by atoms with Crippen LogP contribution in [0.5, 0.6) is 0 Å². The molecule has 0 radical (unpaired) electrons. The van der Waals surface area contributed by atoms with E-state index in [4.69, 9.17) is 4.74 Å². The average Bonchev–Trinajstić information content (AvgIpc) is 3.35. The van der Waals surface area contributed by atoms with Gasteiger partial charge in [0.1, 0.15) is 17.7 Å². The summed E-state index contributed by atoms with van der Waals surface area (Å²) < 4.78 is 11.3. The Hall–Kier alpha value is -1.98. The van der Waals surface area contributed by atoms with Crippen LogP contribution in [0, 0.1) is 5.92 Å². The third-order valence-corrected chi connectivity index (χ3v) is 10.3. The van der Waals surface area contributed by atoms with Crippen molar-refractivity contribution in [1.29, 1.82) is 0 Å². The Morgan fingerprint density at radius 2 is 1.86 bits per heavy atom. The maximum absolute atomic E-state index is 13.0. The highest BCUT2D eigenvalue weighted by Gasteiger charge is 2.26. The quantitative estimate of drug-likeness (QED) is 0.205. The second-order valence-corrected chi connectivity index (χ2v) is 18.4. The number of aliphatic hydroxyl groups excluding tert-OH is 1. The van der Waals surface area contributed by atoms with E-state index in [1.54, 1.807) is 4.57 Å². The van der Waals surface area contributed by atoms with Gasteiger partial charge in [0.2, 0.25) is 0 Å². The fourth-order valence-corrected chi connectivity index (χ4v) is 7.20. The van der Waals surface area contributed by atoms with Gasteiger partial charge in [-0.25, -0.2) is 4.79 Å². The Morgan fingerprint density at radius 3 is 2.53 bits per heavy atom. The number of thiophene rings is 1. The number of benzene rings is 1. The average molecular weight is 593 g/mol. The number of para-hydroxylation sites is 1. The second-order valence-electron chi connectivity index (χ2n) is 10.9. The van der Waals surface area contributed by atoms with E-state index in [-0.39, 0.29) is 17.2 Å². The van der Waals surface area contributed by atoms with Crippen LogP contribution < -0.4 is 11.2 Å². The fraction of sp³-hybridized carbons (Fsp3) is 0.462. The third-order valence-electron chi connectivity index (χ3n) is 6.27. The molecule has 36 heavy (non-hydrogen) atoms. The zero-order chi connectivity index (χ0) is 26.4. The van der Waals surface area contributed by atoms with Crippen LogP contribution in [0.25, 0.3) is 21.1 Å². The van der Waals surface area contributed by atoms with Gasteiger partial charge in [0.25, 0.3) is 5.56 Å². The van der Waals surface area contributed by atoms with Gasteiger partial charge >= 0.3 is 5.69 Å². The van der Waals surface area contributed by atoms with Crippen LogP contribution in [0.4, 0.5) is 0 Å². The lowest BCUT2D eigenvalue weighted by Gasteiger charge is -2.15. The standard InChI is InChI=1S/C26H34BrN3O4SSi/c1-16(2)13-30-25-20(24(32)28(3)26(30)33)21(27)23(35-25)22(31)18-14-29(15-34-11-12-36(4,5)6)19-10-8-7-9-17(18)19/h7-10,14,16,22,31H,11-13,15H2,1-6H3. The van der Waals surface area contributed by atoms with Crippen LogP contribution in [-0.4, -0.2) is 33.5 Å². The summed E-state index contributed by atoms with van der Waals surface area (Å²) in [6, 6.07) is 9.01. The smallest absolute Gasteiger partial charge is 0.331 e. The first-order valence-electron chi connectivity index (χ1n) is 12.2. The van der Waals surface area contributed by atoms with Gasteiger partial charge in [-0.3, -0.25) is 13.9 Å². The van der Waals surface area contributed by atoms with Crippen LogP contribution in [0.15, 0.2) is 44.5 Å². The van der Waals surface area contributed by atoms with Crippen molar-refractivity contribution in [3.8, 4) is 0 Å². The first kappa shape index (κ1) is 27.1. The predicted molar refractivity (Wildman–Crippen MR) is 154 cm³/mol. The van der Waals surface area contributed by atoms with Gasteiger partial charge in [0.15, 0.2) is 0 Å². The Labute approximate surface area is 224 Å². The SMILES string of the molecule is CC(C)Cn1c(=O)n(C)c(=O)c2c(Br)c(C(O)c3cn(COCC[Si](C)(C)C)c4ccccc34)sc21. The molecule has 0 aliphatic heterocycles. The van der Waals surface area contributed by atoms with Gasteiger partial charge in [-0.05, 0) is 34.0 Å². The Kier molecular flexibility index (Phi) is 7.83. The van der Waals surface area contributed by atoms with Gasteiger partial charge < -0.3 is 14.4 Å². The first-order chi connectivity index (χ1) is 16.9. The third kappa shape index (κ3) is 5.19. The Morgan fingerprint density at radius 1 is 1.17 bits per heavy atom. The predicted octanol–water partition coefficient (Wildman–Crippen LogP) is 5.53. The molecule has 3 heterocycles. The molecule has 0 saturated heterocycles. The van der Waals surface area contributed by atoms with Crippen LogP contribution >= 0.6 is 27.3 Å². The number of ether oxygens (including phenoxy) is 1. The molecule has 1 atom stereocenters. The number of aromatic nitrogens is 3. The zero-order valence-corrected chi connectivity index (χ0v) is 25.1. The number of aliphatic hydroxyl groups is 1. The van der Waals surface area contributed by atoms with Gasteiger partial charge in [-0.15, -0.1) is 11.3 Å². The Bertz CT molecular complexity index is 1530. The summed E-state index contributed by atoms with van der Waals surface area (Å²) in [5.74, 6) is 0.219. The number of halogens is 1. The van der Waals surface area contributed by atoms with Crippen molar-refractivity contribution in [2.24, 2.45) is 13.0 Å². The number of fused-ring (bicyclic) bond motifs is 2. The normalized spacial score (nSPS) is 13.4. The topological polar surface area (TPSA) is 78.4 Å². The molecule has 0 aliphatic carbocycles. The summed E-state index contributed by atoms with van der Waals surface area (Å²) in [6.45, 7) is 12.6. The molecule has 4 aromatic rings. The molecule has 0 fully saturated rings. The molecular formula is C26H34BrN3O4SSi. The molecule has 7 nitrogen and oxygen atoms in total. The van der Waals surface area contributed by atoms with Crippen molar-refractivity contribution >= 4 is 56.5 Å². The minimum Gasteiger partial charge on any atom is -0.383 e. The highest BCUT2D eigenvalue weighted by Crippen LogP contribution is 2.41. The molecule has 3 aromatic heterocycles. The van der Waals surface area contributed by atoms with Crippen LogP contribution in [0.3, 0.4) is 0 Å². The van der Waals surface area contributed by atoms with Crippen LogP contribution in [-0.2, 0) is 25.1 Å². The number of hydrogen-bond donors (Lipinski definition) is 1. The van der Waals surface area contributed by atoms with E-state index < -0.39 is 14.2 Å². The van der Waals surface area contributed by atoms with Crippen molar-refractivity contribution in [3.63, 3.8) is 0 Å². The highest BCUT2D eigenvalue weighted by molar-refractivity contribution is 9.10. The van der Waals surface area contributed by atoms with E-state index in [0.717, 1.165) is 27.1 Å². The van der Waals surface area contributed by atoms with E-state index in [1.165, 1.54) is 18.4 Å². The zero-order valence-electron chi connectivity index (χ0n) is 21.7. The first-order valence-corrected chi connectivity index (χ1v) is 17.5. The van der Waals surface area contributed by atoms with Crippen molar-refractivity contribution < 1.29 is 9.84 Å². The van der Waals surface area contributed by atoms with Crippen LogP contribution in [0.2, 0.25) is 25.7 Å². The lowest BCUT2D eigenvalue weighted by atomic mass is 10.1. The van der Waals surface area contributed by atoms with Gasteiger partial charge in [-0.2, -0.15) is 0 Å². The maximum atomic E-state index is 13.0. The molecule has 0 saturated carbocycles. The molecule has 4 rings (SSSR count). The van der Waals surface area contributed by atoms with Crippen molar-refractivity contribution in [1.82, 2.24) is 13.7 Å². The van der Waals surface area contributed by atoms with E-state index in [9.17, 15) is 14.7 Å². The molecular weight excluding hydrogens is 558 g/mol. The number of hydrogen-bond acceptors (Lipinski definition) is 5. The molecule has 0 amide bonds. The summed E-state index contributed by atoms with van der Waals surface area (Å²) in [7, 11) is 0.311. The summed E-state index contributed by atoms with van der Waals surface area (Å²) >= 11 is 4.89. The largest absolute Gasteiger partial charge is 0.383 e. The van der Waals surface area contributed by atoms with E-state index in [2.05, 4.69) is 35.6 Å². The highest BCUT2D eigenvalue weighted by atomic mass is 79.9. The lowest BCUT2D eigenvalue weighted by Crippen LogP contribution is -2.38. The van der Waals surface area contributed by atoms with E-state index >= 15 is 0 Å².